The summed E-state index contributed by atoms with van der Waals surface area (Å²) in [7, 11) is -5.61. The molecular formula is H3AlCa2O4Si. The zero-order valence-corrected chi connectivity index (χ0v) is 8.96. The average molecular weight is 202 g/mol. The fourth-order valence-corrected chi connectivity index (χ4v) is 0. The first kappa shape index (κ1) is 22.5. The Balaban J connectivity index is -0.0000000267. The largest absolute Gasteiger partial charge is 2.00 e. The average Bonchev–Trinajstić information content (AvgIpc) is 0.722. The molecule has 0 saturated heterocycles. The van der Waals surface area contributed by atoms with Crippen LogP contribution in [0.4, 0.5) is 0 Å². The Morgan fingerprint density at radius 3 is 0.750 bits per heavy atom. The van der Waals surface area contributed by atoms with Gasteiger partial charge < -0.3 is 28.2 Å². The maximum Gasteiger partial charge on any atom is 2.00 e. The molecule has 0 amide bonds. The molecule has 0 aromatic carbocycles. The Bertz CT molecular complexity index is 29.5. The number of hydrogen-bond donors (Lipinski definition) is 0. The molecule has 0 rings (SSSR count). The Morgan fingerprint density at radius 1 is 0.750 bits per heavy atom. The molecular weight excluding hydrogens is 199 g/mol. The topological polar surface area (TPSA) is 92.2 Å². The molecule has 0 saturated carbocycles. The van der Waals surface area contributed by atoms with Gasteiger partial charge in [-0.15, -0.1) is 0 Å². The summed E-state index contributed by atoms with van der Waals surface area (Å²) in [5.74, 6) is 0. The third-order valence-corrected chi connectivity index (χ3v) is 0. The molecule has 8 heteroatoms. The molecule has 0 atom stereocenters. The van der Waals surface area contributed by atoms with Crippen LogP contribution in [-0.4, -0.2) is 102 Å². The maximum absolute atomic E-state index is 8.58. The van der Waals surface area contributed by atoms with Crippen molar-refractivity contribution >= 4 is 102 Å². The minimum absolute atomic E-state index is 0. The van der Waals surface area contributed by atoms with Crippen molar-refractivity contribution in [1.29, 1.82) is 0 Å². The van der Waals surface area contributed by atoms with E-state index in [-0.39, 0.29) is 92.8 Å². The predicted octanol–water partition coefficient (Wildman–Crippen LogP) is -7.08. The van der Waals surface area contributed by atoms with Crippen LogP contribution in [0.25, 0.3) is 0 Å². The van der Waals surface area contributed by atoms with Crippen LogP contribution in [-0.2, 0) is 0 Å². The second kappa shape index (κ2) is 10.1. The molecule has 38 valence electrons. The van der Waals surface area contributed by atoms with Crippen molar-refractivity contribution in [2.24, 2.45) is 0 Å². The monoisotopic (exact) mass is 202 g/mol. The van der Waals surface area contributed by atoms with Gasteiger partial charge in [-0.1, -0.05) is 0 Å². The van der Waals surface area contributed by atoms with E-state index >= 15 is 0 Å². The molecule has 0 aromatic rings. The minimum Gasteiger partial charge on any atom is -0.894 e. The van der Waals surface area contributed by atoms with Crippen LogP contribution < -0.4 is 19.2 Å². The second-order valence-corrected chi connectivity index (χ2v) is 1.50. The molecule has 0 N–H and O–H groups in total. The van der Waals surface area contributed by atoms with Crippen LogP contribution >= 0.6 is 0 Å². The molecule has 0 aliphatic rings. The van der Waals surface area contributed by atoms with E-state index in [1.165, 1.54) is 0 Å². The van der Waals surface area contributed by atoms with Crippen molar-refractivity contribution < 1.29 is 19.2 Å². The van der Waals surface area contributed by atoms with Crippen molar-refractivity contribution in [3.05, 3.63) is 0 Å². The van der Waals surface area contributed by atoms with Crippen LogP contribution in [0.1, 0.15) is 0 Å². The quantitative estimate of drug-likeness (QED) is 0.365. The van der Waals surface area contributed by atoms with Gasteiger partial charge >= 0.3 is 75.5 Å². The summed E-state index contributed by atoms with van der Waals surface area (Å²) in [6.07, 6.45) is 0. The van der Waals surface area contributed by atoms with Gasteiger partial charge in [-0.25, -0.2) is 0 Å². The van der Waals surface area contributed by atoms with Gasteiger partial charge in [0.05, 0.1) is 0 Å². The molecule has 0 heterocycles. The van der Waals surface area contributed by atoms with Crippen LogP contribution in [0.2, 0.25) is 0 Å². The third kappa shape index (κ3) is 62.0. The molecule has 0 unspecified atom stereocenters. The van der Waals surface area contributed by atoms with Crippen molar-refractivity contribution in [1.82, 2.24) is 0 Å². The van der Waals surface area contributed by atoms with E-state index in [0.717, 1.165) is 0 Å². The summed E-state index contributed by atoms with van der Waals surface area (Å²) in [6.45, 7) is 0. The van der Waals surface area contributed by atoms with E-state index in [1.54, 1.807) is 0 Å². The van der Waals surface area contributed by atoms with E-state index < -0.39 is 9.05 Å². The first-order valence-electron chi connectivity index (χ1n) is 0.816. The number of rotatable bonds is 0. The Labute approximate surface area is 119 Å². The smallest absolute Gasteiger partial charge is 0.894 e. The fourth-order valence-electron chi connectivity index (χ4n) is 0. The molecule has 0 aliphatic heterocycles. The molecule has 0 spiro atoms. The van der Waals surface area contributed by atoms with Crippen molar-refractivity contribution in [2.75, 3.05) is 0 Å². The number of hydrogen-bond acceptors (Lipinski definition) is 4. The van der Waals surface area contributed by atoms with E-state index in [4.69, 9.17) is 19.2 Å². The zero-order valence-electron chi connectivity index (χ0n) is 3.55. The van der Waals surface area contributed by atoms with Gasteiger partial charge in [-0.3, -0.25) is 0 Å². The van der Waals surface area contributed by atoms with E-state index in [2.05, 4.69) is 0 Å². The van der Waals surface area contributed by atoms with Crippen molar-refractivity contribution in [2.45, 2.75) is 0 Å². The molecule has 0 bridgehead atoms. The van der Waals surface area contributed by atoms with E-state index in [0.29, 0.717) is 0 Å². The molecule has 8 heavy (non-hydrogen) atoms. The van der Waals surface area contributed by atoms with Gasteiger partial charge in [0.25, 0.3) is 0 Å². The normalized spacial score (nSPS) is 7.50. The van der Waals surface area contributed by atoms with Gasteiger partial charge in [0.1, 0.15) is 0 Å². The van der Waals surface area contributed by atoms with E-state index in [9.17, 15) is 0 Å². The Hall–Kier alpha value is 3.11. The first-order valence-corrected chi connectivity index (χ1v) is 2.45. The summed E-state index contributed by atoms with van der Waals surface area (Å²) < 4.78 is 0. The zero-order chi connectivity index (χ0) is 4.50. The van der Waals surface area contributed by atoms with Crippen LogP contribution in [0.5, 0.6) is 0 Å². The molecule has 4 nitrogen and oxygen atoms in total. The van der Waals surface area contributed by atoms with Gasteiger partial charge in [-0.2, -0.15) is 0 Å². The molecule has 0 aromatic heterocycles. The maximum atomic E-state index is 8.58. The first-order chi connectivity index (χ1) is 2.00. The van der Waals surface area contributed by atoms with Gasteiger partial charge in [-0.05, 0) is 0 Å². The predicted molar refractivity (Wildman–Crippen MR) is 27.2 cm³/mol. The van der Waals surface area contributed by atoms with Crippen LogP contribution in [0.3, 0.4) is 0 Å². The summed E-state index contributed by atoms with van der Waals surface area (Å²) >= 11 is 0. The minimum atomic E-state index is -5.61. The SMILES string of the molecule is [AlH3].[Ca+2].[Ca+2].[O-][Si]([O-])([O-])[O-]. The van der Waals surface area contributed by atoms with Gasteiger partial charge in [0, 0.05) is 0 Å². The second-order valence-electron chi connectivity index (χ2n) is 0.500. The van der Waals surface area contributed by atoms with Crippen molar-refractivity contribution in [3.8, 4) is 0 Å². The third-order valence-electron chi connectivity index (χ3n) is 0. The molecule has 0 aliphatic carbocycles. The van der Waals surface area contributed by atoms with Gasteiger partial charge in [0.15, 0.2) is 17.4 Å². The van der Waals surface area contributed by atoms with Crippen LogP contribution in [0.15, 0.2) is 0 Å². The summed E-state index contributed by atoms with van der Waals surface area (Å²) in [6, 6.07) is 0. The molecule has 0 radical (unpaired) electrons. The molecule has 0 fully saturated rings. The summed E-state index contributed by atoms with van der Waals surface area (Å²) in [4.78, 5) is 34.3. The summed E-state index contributed by atoms with van der Waals surface area (Å²) in [5, 5.41) is 0. The summed E-state index contributed by atoms with van der Waals surface area (Å²) in [5.41, 5.74) is 0. The van der Waals surface area contributed by atoms with Crippen molar-refractivity contribution in [3.63, 3.8) is 0 Å². The van der Waals surface area contributed by atoms with E-state index in [1.807, 2.05) is 0 Å². The van der Waals surface area contributed by atoms with Gasteiger partial charge in [0.2, 0.25) is 0 Å². The van der Waals surface area contributed by atoms with Crippen LogP contribution in [0, 0.1) is 0 Å². The fraction of sp³-hybridized carbons (Fsp3) is 0. The Morgan fingerprint density at radius 2 is 0.750 bits per heavy atom. The standard InChI is InChI=1S/Al.2Ca.O4Si.3H/c;;;1-5(2,3)4;;;/q;2*+2;-4;;;. The Kier molecular flexibility index (Phi) is 28.4.